The summed E-state index contributed by atoms with van der Waals surface area (Å²) in [6.45, 7) is 0.282. The fraction of sp³-hybridized carbons (Fsp3) is 0.143. The number of nitrogens with one attached hydrogen (secondary N) is 1. The van der Waals surface area contributed by atoms with Gasteiger partial charge in [-0.05, 0) is 35.9 Å². The molecule has 0 heterocycles. The highest BCUT2D eigenvalue weighted by Gasteiger charge is 2.03. The van der Waals surface area contributed by atoms with Gasteiger partial charge in [0, 0.05) is 24.0 Å². The minimum atomic E-state index is -0.286. The van der Waals surface area contributed by atoms with Gasteiger partial charge >= 0.3 is 0 Å². The van der Waals surface area contributed by atoms with Crippen LogP contribution in [0, 0.1) is 5.82 Å². The Kier molecular flexibility index (Phi) is 3.79. The van der Waals surface area contributed by atoms with Crippen molar-refractivity contribution in [1.29, 1.82) is 0 Å². The topological polar surface area (TPSA) is 47.3 Å². The molecule has 0 aliphatic heterocycles. The van der Waals surface area contributed by atoms with Crippen LogP contribution in [-0.4, -0.2) is 7.11 Å². The summed E-state index contributed by atoms with van der Waals surface area (Å²) in [7, 11) is 1.61. The maximum Gasteiger partial charge on any atom is 0.123 e. The Balaban J connectivity index is 2.27. The first-order valence-corrected chi connectivity index (χ1v) is 5.62. The molecule has 0 spiro atoms. The van der Waals surface area contributed by atoms with Crippen LogP contribution in [0.15, 0.2) is 42.5 Å². The Morgan fingerprint density at radius 1 is 1.22 bits per heavy atom. The second kappa shape index (κ2) is 5.51. The van der Waals surface area contributed by atoms with Gasteiger partial charge in [-0.1, -0.05) is 6.07 Å². The Morgan fingerprint density at radius 2 is 2.06 bits per heavy atom. The van der Waals surface area contributed by atoms with E-state index in [-0.39, 0.29) is 12.4 Å². The van der Waals surface area contributed by atoms with Crippen molar-refractivity contribution in [2.75, 3.05) is 12.4 Å². The summed E-state index contributed by atoms with van der Waals surface area (Å²) in [5, 5.41) is 3.20. The summed E-state index contributed by atoms with van der Waals surface area (Å²) < 4.78 is 18.2. The minimum Gasteiger partial charge on any atom is -0.497 e. The predicted molar refractivity (Wildman–Crippen MR) is 70.6 cm³/mol. The summed E-state index contributed by atoms with van der Waals surface area (Å²) in [6, 6.07) is 12.0. The molecule has 3 N–H and O–H groups in total. The van der Waals surface area contributed by atoms with E-state index in [0.717, 1.165) is 22.7 Å². The number of ether oxygens (including phenoxy) is 1. The molecule has 0 fully saturated rings. The highest BCUT2D eigenvalue weighted by molar-refractivity contribution is 5.64. The molecule has 0 aliphatic rings. The van der Waals surface area contributed by atoms with Crippen LogP contribution < -0.4 is 15.8 Å². The number of methoxy groups -OCH3 is 1. The van der Waals surface area contributed by atoms with Crippen LogP contribution >= 0.6 is 0 Å². The lowest BCUT2D eigenvalue weighted by molar-refractivity contribution is 0.415. The first-order valence-electron chi connectivity index (χ1n) is 5.62. The molecule has 0 saturated carbocycles. The van der Waals surface area contributed by atoms with Gasteiger partial charge in [-0.15, -0.1) is 0 Å². The Labute approximate surface area is 105 Å². The van der Waals surface area contributed by atoms with Gasteiger partial charge in [0.15, 0.2) is 0 Å². The van der Waals surface area contributed by atoms with E-state index in [2.05, 4.69) is 5.32 Å². The lowest BCUT2D eigenvalue weighted by Gasteiger charge is -2.11. The number of anilines is 2. The lowest BCUT2D eigenvalue weighted by atomic mass is 10.1. The summed E-state index contributed by atoms with van der Waals surface area (Å²) in [6.07, 6.45) is 0. The zero-order valence-corrected chi connectivity index (χ0v) is 10.1. The molecule has 0 aromatic heterocycles. The summed E-state index contributed by atoms with van der Waals surface area (Å²) >= 11 is 0. The van der Waals surface area contributed by atoms with Crippen LogP contribution in [0.3, 0.4) is 0 Å². The SMILES string of the molecule is COc1cccc(Nc2ccc(F)cc2CN)c1. The zero-order valence-electron chi connectivity index (χ0n) is 10.1. The number of rotatable bonds is 4. The van der Waals surface area contributed by atoms with Crippen molar-refractivity contribution in [3.63, 3.8) is 0 Å². The van der Waals surface area contributed by atoms with E-state index in [1.165, 1.54) is 12.1 Å². The van der Waals surface area contributed by atoms with Gasteiger partial charge in [0.25, 0.3) is 0 Å². The molecule has 0 saturated heterocycles. The Morgan fingerprint density at radius 3 is 2.78 bits per heavy atom. The van der Waals surface area contributed by atoms with Crippen molar-refractivity contribution in [1.82, 2.24) is 0 Å². The number of benzene rings is 2. The molecular formula is C14H15FN2O. The van der Waals surface area contributed by atoms with Gasteiger partial charge in [0.05, 0.1) is 7.11 Å². The number of halogens is 1. The number of hydrogen-bond acceptors (Lipinski definition) is 3. The first-order chi connectivity index (χ1) is 8.72. The Hall–Kier alpha value is -2.07. The van der Waals surface area contributed by atoms with Gasteiger partial charge in [-0.2, -0.15) is 0 Å². The molecule has 3 nitrogen and oxygen atoms in total. The molecule has 2 aromatic carbocycles. The molecule has 0 amide bonds. The summed E-state index contributed by atoms with van der Waals surface area (Å²) in [4.78, 5) is 0. The van der Waals surface area contributed by atoms with Gasteiger partial charge in [-0.3, -0.25) is 0 Å². The van der Waals surface area contributed by atoms with Gasteiger partial charge in [0.2, 0.25) is 0 Å². The van der Waals surface area contributed by atoms with E-state index in [1.807, 2.05) is 24.3 Å². The highest BCUT2D eigenvalue weighted by Crippen LogP contribution is 2.24. The van der Waals surface area contributed by atoms with E-state index in [0.29, 0.717) is 0 Å². The van der Waals surface area contributed by atoms with Crippen molar-refractivity contribution >= 4 is 11.4 Å². The third-order valence-corrected chi connectivity index (χ3v) is 2.64. The molecule has 18 heavy (non-hydrogen) atoms. The Bertz CT molecular complexity index is 543. The minimum absolute atomic E-state index is 0.282. The molecule has 4 heteroatoms. The molecule has 0 aliphatic carbocycles. The van der Waals surface area contributed by atoms with Crippen LogP contribution in [0.25, 0.3) is 0 Å². The predicted octanol–water partition coefficient (Wildman–Crippen LogP) is 3.04. The summed E-state index contributed by atoms with van der Waals surface area (Å²) in [5.74, 6) is 0.475. The van der Waals surface area contributed by atoms with Crippen molar-refractivity contribution in [2.24, 2.45) is 5.73 Å². The maximum absolute atomic E-state index is 13.1. The third kappa shape index (κ3) is 2.78. The van der Waals surface area contributed by atoms with Crippen LogP contribution in [-0.2, 0) is 6.54 Å². The lowest BCUT2D eigenvalue weighted by Crippen LogP contribution is -2.02. The van der Waals surface area contributed by atoms with E-state index in [1.54, 1.807) is 13.2 Å². The second-order valence-electron chi connectivity index (χ2n) is 3.86. The van der Waals surface area contributed by atoms with E-state index in [9.17, 15) is 4.39 Å². The molecule has 0 radical (unpaired) electrons. The molecule has 94 valence electrons. The fourth-order valence-corrected chi connectivity index (χ4v) is 1.71. The van der Waals surface area contributed by atoms with Crippen LogP contribution in [0.5, 0.6) is 5.75 Å². The van der Waals surface area contributed by atoms with Crippen molar-refractivity contribution < 1.29 is 9.13 Å². The van der Waals surface area contributed by atoms with Crippen LogP contribution in [0.2, 0.25) is 0 Å². The maximum atomic E-state index is 13.1. The monoisotopic (exact) mass is 246 g/mol. The largest absolute Gasteiger partial charge is 0.497 e. The molecule has 0 unspecified atom stereocenters. The smallest absolute Gasteiger partial charge is 0.123 e. The molecule has 0 bridgehead atoms. The third-order valence-electron chi connectivity index (χ3n) is 2.64. The van der Waals surface area contributed by atoms with Gasteiger partial charge < -0.3 is 15.8 Å². The standard InChI is InChI=1S/C14H15FN2O/c1-18-13-4-2-3-12(8-13)17-14-6-5-11(15)7-10(14)9-16/h2-8,17H,9,16H2,1H3. The van der Waals surface area contributed by atoms with Crippen molar-refractivity contribution in [3.8, 4) is 5.75 Å². The molecule has 0 atom stereocenters. The van der Waals surface area contributed by atoms with Gasteiger partial charge in [-0.25, -0.2) is 4.39 Å². The number of hydrogen-bond donors (Lipinski definition) is 2. The average Bonchev–Trinajstić information content (AvgIpc) is 2.41. The average molecular weight is 246 g/mol. The van der Waals surface area contributed by atoms with E-state index >= 15 is 0 Å². The van der Waals surface area contributed by atoms with E-state index < -0.39 is 0 Å². The molecular weight excluding hydrogens is 231 g/mol. The zero-order chi connectivity index (χ0) is 13.0. The van der Waals surface area contributed by atoms with Crippen molar-refractivity contribution in [2.45, 2.75) is 6.54 Å². The normalized spacial score (nSPS) is 10.2. The second-order valence-corrected chi connectivity index (χ2v) is 3.86. The molecule has 2 rings (SSSR count). The highest BCUT2D eigenvalue weighted by atomic mass is 19.1. The quantitative estimate of drug-likeness (QED) is 0.871. The first kappa shape index (κ1) is 12.4. The molecule has 2 aromatic rings. The van der Waals surface area contributed by atoms with E-state index in [4.69, 9.17) is 10.5 Å². The fourth-order valence-electron chi connectivity index (χ4n) is 1.71. The van der Waals surface area contributed by atoms with Crippen molar-refractivity contribution in [3.05, 3.63) is 53.8 Å². The van der Waals surface area contributed by atoms with Crippen LogP contribution in [0.4, 0.5) is 15.8 Å². The number of nitrogens with two attached hydrogens (primary N) is 1. The van der Waals surface area contributed by atoms with Crippen LogP contribution in [0.1, 0.15) is 5.56 Å². The summed E-state index contributed by atoms with van der Waals surface area (Å²) in [5.41, 5.74) is 8.00. The van der Waals surface area contributed by atoms with Gasteiger partial charge in [0.1, 0.15) is 11.6 Å².